The molecule has 8 heteroatoms. The number of carbonyl (C=O) groups is 3. The van der Waals surface area contributed by atoms with Crippen molar-refractivity contribution in [2.24, 2.45) is 0 Å². The van der Waals surface area contributed by atoms with Gasteiger partial charge in [0.05, 0.1) is 24.2 Å². The van der Waals surface area contributed by atoms with Crippen LogP contribution in [0.15, 0.2) is 0 Å². The summed E-state index contributed by atoms with van der Waals surface area (Å²) in [6.07, 6.45) is -0.408. The maximum atomic E-state index is 11.9. The monoisotopic (exact) mass is 322 g/mol. The van der Waals surface area contributed by atoms with Crippen LogP contribution in [0.1, 0.15) is 31.2 Å². The van der Waals surface area contributed by atoms with Gasteiger partial charge in [0.1, 0.15) is 0 Å². The summed E-state index contributed by atoms with van der Waals surface area (Å²) in [5.74, 6) is -1.25. The highest BCUT2D eigenvalue weighted by atomic mass is 16.6. The smallest absolute Gasteiger partial charge is 0.414 e. The molecule has 1 amide bonds. The lowest BCUT2D eigenvalue weighted by atomic mass is 10.2. The van der Waals surface area contributed by atoms with E-state index in [1.54, 1.807) is 6.92 Å². The van der Waals surface area contributed by atoms with Crippen LogP contribution in [-0.4, -0.2) is 42.0 Å². The summed E-state index contributed by atoms with van der Waals surface area (Å²) < 4.78 is 15.8. The molecule has 8 nitrogen and oxygen atoms in total. The Morgan fingerprint density at radius 1 is 1.17 bits per heavy atom. The fraction of sp³-hybridized carbons (Fsp3) is 0.467. The Morgan fingerprint density at radius 3 is 2.26 bits per heavy atom. The lowest BCUT2D eigenvalue weighted by Gasteiger charge is -2.21. The molecule has 23 heavy (non-hydrogen) atoms. The Hall–Kier alpha value is -2.64. The molecule has 2 rings (SSSR count). The quantitative estimate of drug-likeness (QED) is 0.763. The molecule has 0 saturated carbocycles. The number of amides is 1. The molecule has 0 aliphatic carbocycles. The van der Waals surface area contributed by atoms with Gasteiger partial charge in [-0.15, -0.1) is 0 Å². The van der Waals surface area contributed by atoms with E-state index in [1.807, 2.05) is 6.92 Å². The number of ether oxygens (including phenoxy) is 3. The van der Waals surface area contributed by atoms with E-state index in [4.69, 9.17) is 14.2 Å². The van der Waals surface area contributed by atoms with Gasteiger partial charge in [-0.2, -0.15) is 0 Å². The van der Waals surface area contributed by atoms with Gasteiger partial charge in [-0.05, 0) is 13.3 Å². The normalized spacial score (nSPS) is 14.1. The number of nitrogens with zero attached hydrogens (tertiary/aromatic N) is 2. The van der Waals surface area contributed by atoms with Crippen LogP contribution in [0.25, 0.3) is 0 Å². The number of rotatable bonds is 2. The molecule has 0 atom stereocenters. The van der Waals surface area contributed by atoms with E-state index in [0.29, 0.717) is 17.8 Å². The Kier molecular flexibility index (Phi) is 4.83. The molecule has 1 aliphatic rings. The standard InChI is InChI=1S/C15H18N2O6/c1-5-9-13(23-15(20)17(3)4)14-12(8(2)16-9)21-10(18)6-7-11(19)22-14/h5-7H2,1-4H3. The average molecular weight is 322 g/mol. The van der Waals surface area contributed by atoms with Crippen molar-refractivity contribution < 1.29 is 28.6 Å². The third kappa shape index (κ3) is 3.58. The molecule has 0 spiro atoms. The summed E-state index contributed by atoms with van der Waals surface area (Å²) in [7, 11) is 3.04. The van der Waals surface area contributed by atoms with Crippen LogP contribution < -0.4 is 14.2 Å². The molecule has 0 unspecified atom stereocenters. The van der Waals surface area contributed by atoms with Gasteiger partial charge in [0, 0.05) is 14.1 Å². The number of pyridine rings is 1. The Morgan fingerprint density at radius 2 is 1.74 bits per heavy atom. The SMILES string of the molecule is CCc1nc(C)c2c(c1OC(=O)N(C)C)OC(=O)CCC(=O)O2. The predicted molar refractivity (Wildman–Crippen MR) is 78.6 cm³/mol. The molecule has 124 valence electrons. The van der Waals surface area contributed by atoms with E-state index >= 15 is 0 Å². The van der Waals surface area contributed by atoms with Gasteiger partial charge in [0.15, 0.2) is 5.75 Å². The summed E-state index contributed by atoms with van der Waals surface area (Å²) in [6, 6.07) is 0. The molecule has 0 bridgehead atoms. The maximum absolute atomic E-state index is 11.9. The van der Waals surface area contributed by atoms with Gasteiger partial charge >= 0.3 is 18.0 Å². The number of aromatic nitrogens is 1. The molecular formula is C15H18N2O6. The zero-order valence-corrected chi connectivity index (χ0v) is 13.5. The molecular weight excluding hydrogens is 304 g/mol. The van der Waals surface area contributed by atoms with E-state index in [2.05, 4.69) is 4.98 Å². The Labute approximate surface area is 133 Å². The molecule has 0 fully saturated rings. The van der Waals surface area contributed by atoms with Crippen molar-refractivity contribution in [2.45, 2.75) is 33.1 Å². The first-order valence-corrected chi connectivity index (χ1v) is 7.17. The van der Waals surface area contributed by atoms with Crippen molar-refractivity contribution in [1.29, 1.82) is 0 Å². The molecule has 0 radical (unpaired) electrons. The summed E-state index contributed by atoms with van der Waals surface area (Å²) in [5, 5.41) is 0. The fourth-order valence-corrected chi connectivity index (χ4v) is 1.97. The highest BCUT2D eigenvalue weighted by molar-refractivity contribution is 5.85. The third-order valence-electron chi connectivity index (χ3n) is 3.16. The van der Waals surface area contributed by atoms with Crippen molar-refractivity contribution in [2.75, 3.05) is 14.1 Å². The molecule has 1 aromatic heterocycles. The Balaban J connectivity index is 2.61. The van der Waals surface area contributed by atoms with E-state index < -0.39 is 18.0 Å². The number of carbonyl (C=O) groups excluding carboxylic acids is 3. The second-order valence-electron chi connectivity index (χ2n) is 5.20. The summed E-state index contributed by atoms with van der Waals surface area (Å²) in [4.78, 5) is 40.9. The van der Waals surface area contributed by atoms with E-state index in [1.165, 1.54) is 19.0 Å². The van der Waals surface area contributed by atoms with Crippen molar-refractivity contribution in [1.82, 2.24) is 9.88 Å². The van der Waals surface area contributed by atoms with Crippen LogP contribution in [0, 0.1) is 6.92 Å². The molecule has 1 aliphatic heterocycles. The first-order valence-electron chi connectivity index (χ1n) is 7.17. The van der Waals surface area contributed by atoms with Gasteiger partial charge in [0.2, 0.25) is 11.5 Å². The van der Waals surface area contributed by atoms with E-state index in [0.717, 1.165) is 0 Å². The highest BCUT2D eigenvalue weighted by Crippen LogP contribution is 2.43. The molecule has 1 aromatic rings. The number of fused-ring (bicyclic) bond motifs is 1. The summed E-state index contributed by atoms with van der Waals surface area (Å²) >= 11 is 0. The minimum atomic E-state index is -0.656. The predicted octanol–water partition coefficient (Wildman–Crippen LogP) is 1.62. The largest absolute Gasteiger partial charge is 0.420 e. The van der Waals surface area contributed by atoms with Gasteiger partial charge in [-0.25, -0.2) is 4.79 Å². The molecule has 0 aromatic carbocycles. The minimum absolute atomic E-state index is 0.00167. The zero-order chi connectivity index (χ0) is 17.1. The molecule has 0 N–H and O–H groups in total. The van der Waals surface area contributed by atoms with Crippen molar-refractivity contribution >= 4 is 18.0 Å². The van der Waals surface area contributed by atoms with Crippen LogP contribution in [0.3, 0.4) is 0 Å². The second kappa shape index (κ2) is 6.64. The van der Waals surface area contributed by atoms with E-state index in [9.17, 15) is 14.4 Å². The minimum Gasteiger partial charge on any atom is -0.420 e. The lowest BCUT2D eigenvalue weighted by molar-refractivity contribution is -0.142. The lowest BCUT2D eigenvalue weighted by Crippen LogP contribution is -2.27. The summed E-state index contributed by atoms with van der Waals surface area (Å²) in [6.45, 7) is 3.44. The van der Waals surface area contributed by atoms with Crippen molar-refractivity contribution in [3.63, 3.8) is 0 Å². The van der Waals surface area contributed by atoms with Gasteiger partial charge in [-0.3, -0.25) is 14.6 Å². The molecule has 0 saturated heterocycles. The zero-order valence-electron chi connectivity index (χ0n) is 13.5. The van der Waals surface area contributed by atoms with Crippen molar-refractivity contribution in [3.8, 4) is 17.2 Å². The third-order valence-corrected chi connectivity index (χ3v) is 3.16. The number of hydrogen-bond donors (Lipinski definition) is 0. The second-order valence-corrected chi connectivity index (χ2v) is 5.20. The maximum Gasteiger partial charge on any atom is 0.414 e. The van der Waals surface area contributed by atoms with E-state index in [-0.39, 0.29) is 30.1 Å². The summed E-state index contributed by atoms with van der Waals surface area (Å²) in [5.41, 5.74) is 0.811. The number of hydrogen-bond acceptors (Lipinski definition) is 7. The number of aryl methyl sites for hydroxylation is 2. The number of esters is 2. The Bertz CT molecular complexity index is 668. The van der Waals surface area contributed by atoms with Gasteiger partial charge in [-0.1, -0.05) is 6.92 Å². The highest BCUT2D eigenvalue weighted by Gasteiger charge is 2.29. The van der Waals surface area contributed by atoms with Crippen LogP contribution in [-0.2, 0) is 16.0 Å². The van der Waals surface area contributed by atoms with Crippen LogP contribution >= 0.6 is 0 Å². The van der Waals surface area contributed by atoms with Gasteiger partial charge in [0.25, 0.3) is 0 Å². The van der Waals surface area contributed by atoms with Crippen molar-refractivity contribution in [3.05, 3.63) is 11.4 Å². The van der Waals surface area contributed by atoms with Crippen LogP contribution in [0.5, 0.6) is 17.2 Å². The first-order chi connectivity index (χ1) is 10.8. The first kappa shape index (κ1) is 16.7. The molecule has 2 heterocycles. The fourth-order valence-electron chi connectivity index (χ4n) is 1.97. The topological polar surface area (TPSA) is 95.0 Å². The average Bonchev–Trinajstić information content (AvgIpc) is 2.49. The van der Waals surface area contributed by atoms with Crippen LogP contribution in [0.4, 0.5) is 4.79 Å². The van der Waals surface area contributed by atoms with Gasteiger partial charge < -0.3 is 19.1 Å². The van der Waals surface area contributed by atoms with Crippen LogP contribution in [0.2, 0.25) is 0 Å².